The molecule has 0 saturated carbocycles. The van der Waals surface area contributed by atoms with E-state index in [-0.39, 0.29) is 0 Å². The normalized spacial score (nSPS) is 10.4. The van der Waals surface area contributed by atoms with Gasteiger partial charge in [-0.2, -0.15) is 5.10 Å². The van der Waals surface area contributed by atoms with Crippen LogP contribution in [0.25, 0.3) is 11.3 Å². The highest BCUT2D eigenvalue weighted by Gasteiger charge is 2.02. The number of aromatic nitrogens is 3. The number of benzene rings is 1. The van der Waals surface area contributed by atoms with Gasteiger partial charge in [-0.15, -0.1) is 5.10 Å². The number of hydrogen-bond acceptors (Lipinski definition) is 4. The first-order chi connectivity index (χ1) is 7.79. The van der Waals surface area contributed by atoms with Gasteiger partial charge in [-0.1, -0.05) is 28.1 Å². The van der Waals surface area contributed by atoms with Gasteiger partial charge in [-0.25, -0.2) is 4.98 Å². The quantitative estimate of drug-likeness (QED) is 0.933. The van der Waals surface area contributed by atoms with Crippen molar-refractivity contribution in [3.05, 3.63) is 40.8 Å². The molecule has 0 atom stereocenters. The predicted octanol–water partition coefficient (Wildman–Crippen LogP) is 2.02. The van der Waals surface area contributed by atoms with Crippen LogP contribution in [-0.4, -0.2) is 22.2 Å². The van der Waals surface area contributed by atoms with Gasteiger partial charge < -0.3 is 5.32 Å². The van der Waals surface area contributed by atoms with Gasteiger partial charge >= 0.3 is 0 Å². The zero-order chi connectivity index (χ0) is 11.4. The van der Waals surface area contributed by atoms with E-state index in [1.165, 1.54) is 0 Å². The summed E-state index contributed by atoms with van der Waals surface area (Å²) in [6.07, 6.45) is 1.67. The minimum Gasteiger partial charge on any atom is -0.313 e. The van der Waals surface area contributed by atoms with Crippen LogP contribution in [0.1, 0.15) is 5.82 Å². The van der Waals surface area contributed by atoms with Crippen LogP contribution in [0.15, 0.2) is 34.9 Å². The molecule has 0 aliphatic heterocycles. The topological polar surface area (TPSA) is 50.7 Å². The third-order valence-corrected chi connectivity index (χ3v) is 2.55. The van der Waals surface area contributed by atoms with Crippen molar-refractivity contribution >= 4 is 15.9 Å². The van der Waals surface area contributed by atoms with Crippen molar-refractivity contribution in [3.63, 3.8) is 0 Å². The summed E-state index contributed by atoms with van der Waals surface area (Å²) in [5.74, 6) is 0.694. The summed E-state index contributed by atoms with van der Waals surface area (Å²) in [5.41, 5.74) is 1.86. The highest BCUT2D eigenvalue weighted by Crippen LogP contribution is 2.20. The van der Waals surface area contributed by atoms with E-state index in [4.69, 9.17) is 0 Å². The highest BCUT2D eigenvalue weighted by molar-refractivity contribution is 9.10. The van der Waals surface area contributed by atoms with Gasteiger partial charge in [0.15, 0.2) is 5.82 Å². The van der Waals surface area contributed by atoms with Crippen LogP contribution < -0.4 is 5.32 Å². The van der Waals surface area contributed by atoms with Crippen molar-refractivity contribution in [3.8, 4) is 11.3 Å². The van der Waals surface area contributed by atoms with E-state index in [9.17, 15) is 0 Å². The Bertz CT molecular complexity index is 487. The molecule has 0 saturated heterocycles. The summed E-state index contributed by atoms with van der Waals surface area (Å²) in [7, 11) is 1.86. The molecule has 0 unspecified atom stereocenters. The van der Waals surface area contributed by atoms with Gasteiger partial charge in [0.25, 0.3) is 0 Å². The first kappa shape index (κ1) is 11.2. The van der Waals surface area contributed by atoms with E-state index in [0.717, 1.165) is 15.7 Å². The number of rotatable bonds is 3. The van der Waals surface area contributed by atoms with Gasteiger partial charge in [0.05, 0.1) is 18.4 Å². The lowest BCUT2D eigenvalue weighted by Crippen LogP contribution is -2.10. The molecule has 82 valence electrons. The molecule has 1 N–H and O–H groups in total. The lowest BCUT2D eigenvalue weighted by Gasteiger charge is -2.02. The number of hydrogen-bond donors (Lipinski definition) is 1. The summed E-state index contributed by atoms with van der Waals surface area (Å²) >= 11 is 3.43. The molecule has 2 aromatic rings. The van der Waals surface area contributed by atoms with E-state index in [1.54, 1.807) is 6.20 Å². The Balaban J connectivity index is 2.36. The second kappa shape index (κ2) is 5.14. The average molecular weight is 279 g/mol. The fraction of sp³-hybridized carbons (Fsp3) is 0.182. The van der Waals surface area contributed by atoms with Crippen molar-refractivity contribution in [2.24, 2.45) is 0 Å². The fourth-order valence-corrected chi connectivity index (χ4v) is 1.76. The van der Waals surface area contributed by atoms with Crippen LogP contribution in [0.4, 0.5) is 0 Å². The van der Waals surface area contributed by atoms with E-state index < -0.39 is 0 Å². The van der Waals surface area contributed by atoms with Gasteiger partial charge in [0.1, 0.15) is 0 Å². The molecule has 0 bridgehead atoms. The maximum absolute atomic E-state index is 4.42. The summed E-state index contributed by atoms with van der Waals surface area (Å²) in [5, 5.41) is 10.9. The van der Waals surface area contributed by atoms with Crippen molar-refractivity contribution in [2.45, 2.75) is 6.54 Å². The van der Waals surface area contributed by atoms with E-state index >= 15 is 0 Å². The molecule has 0 aliphatic rings. The summed E-state index contributed by atoms with van der Waals surface area (Å²) in [4.78, 5) is 4.42. The van der Waals surface area contributed by atoms with Crippen molar-refractivity contribution in [2.75, 3.05) is 7.05 Å². The Morgan fingerprint density at radius 1 is 1.38 bits per heavy atom. The number of halogens is 1. The fourth-order valence-electron chi connectivity index (χ4n) is 1.36. The predicted molar refractivity (Wildman–Crippen MR) is 65.7 cm³/mol. The molecule has 2 rings (SSSR count). The molecular weight excluding hydrogens is 268 g/mol. The largest absolute Gasteiger partial charge is 0.313 e. The lowest BCUT2D eigenvalue weighted by molar-refractivity contribution is 0.731. The lowest BCUT2D eigenvalue weighted by atomic mass is 10.2. The van der Waals surface area contributed by atoms with Crippen LogP contribution in [-0.2, 0) is 6.54 Å². The zero-order valence-electron chi connectivity index (χ0n) is 8.81. The minimum absolute atomic E-state index is 0.620. The Labute approximate surface area is 102 Å². The van der Waals surface area contributed by atoms with Crippen molar-refractivity contribution in [1.29, 1.82) is 0 Å². The molecule has 1 aromatic heterocycles. The molecule has 16 heavy (non-hydrogen) atoms. The van der Waals surface area contributed by atoms with Crippen molar-refractivity contribution in [1.82, 2.24) is 20.5 Å². The molecule has 1 heterocycles. The third-order valence-electron chi connectivity index (χ3n) is 2.06. The molecule has 0 radical (unpaired) electrons. The maximum atomic E-state index is 4.42. The van der Waals surface area contributed by atoms with Crippen LogP contribution in [0.3, 0.4) is 0 Å². The molecule has 5 heteroatoms. The highest BCUT2D eigenvalue weighted by atomic mass is 79.9. The average Bonchev–Trinajstić information content (AvgIpc) is 2.30. The van der Waals surface area contributed by atoms with Gasteiger partial charge in [-0.3, -0.25) is 0 Å². The van der Waals surface area contributed by atoms with Crippen LogP contribution >= 0.6 is 15.9 Å². The van der Waals surface area contributed by atoms with Gasteiger partial charge in [0.2, 0.25) is 0 Å². The molecular formula is C11H11BrN4. The Hall–Kier alpha value is -1.33. The third kappa shape index (κ3) is 2.62. The SMILES string of the molecule is CNCc1nncc(-c2cccc(Br)c2)n1. The molecule has 0 spiro atoms. The van der Waals surface area contributed by atoms with Gasteiger partial charge in [-0.05, 0) is 19.2 Å². The summed E-state index contributed by atoms with van der Waals surface area (Å²) in [6, 6.07) is 7.96. The van der Waals surface area contributed by atoms with E-state index in [0.29, 0.717) is 12.4 Å². The Morgan fingerprint density at radius 3 is 3.00 bits per heavy atom. The summed E-state index contributed by atoms with van der Waals surface area (Å²) < 4.78 is 1.03. The Kier molecular flexibility index (Phi) is 3.58. The van der Waals surface area contributed by atoms with E-state index in [1.807, 2.05) is 31.3 Å². The van der Waals surface area contributed by atoms with Crippen LogP contribution in [0, 0.1) is 0 Å². The number of nitrogens with one attached hydrogen (secondary N) is 1. The smallest absolute Gasteiger partial charge is 0.165 e. The number of nitrogens with zero attached hydrogens (tertiary/aromatic N) is 3. The van der Waals surface area contributed by atoms with E-state index in [2.05, 4.69) is 36.4 Å². The minimum atomic E-state index is 0.620. The van der Waals surface area contributed by atoms with Crippen LogP contribution in [0.5, 0.6) is 0 Å². The second-order valence-electron chi connectivity index (χ2n) is 3.30. The second-order valence-corrected chi connectivity index (χ2v) is 4.21. The molecule has 0 amide bonds. The molecule has 4 nitrogen and oxygen atoms in total. The van der Waals surface area contributed by atoms with Crippen LogP contribution in [0.2, 0.25) is 0 Å². The first-order valence-electron chi connectivity index (χ1n) is 4.89. The monoisotopic (exact) mass is 278 g/mol. The van der Waals surface area contributed by atoms with Gasteiger partial charge in [0, 0.05) is 10.0 Å². The molecule has 1 aromatic carbocycles. The zero-order valence-corrected chi connectivity index (χ0v) is 10.4. The standard InChI is InChI=1S/C11H11BrN4/c1-13-7-11-15-10(6-14-16-11)8-3-2-4-9(12)5-8/h2-6,13H,7H2,1H3. The van der Waals surface area contributed by atoms with Crippen molar-refractivity contribution < 1.29 is 0 Å². The molecule has 0 fully saturated rings. The first-order valence-corrected chi connectivity index (χ1v) is 5.68. The Morgan fingerprint density at radius 2 is 2.25 bits per heavy atom. The molecule has 0 aliphatic carbocycles. The maximum Gasteiger partial charge on any atom is 0.165 e. The summed E-state index contributed by atoms with van der Waals surface area (Å²) in [6.45, 7) is 0.620.